The second kappa shape index (κ2) is 14.0. The van der Waals surface area contributed by atoms with Gasteiger partial charge in [0.25, 0.3) is 11.8 Å². The predicted octanol–water partition coefficient (Wildman–Crippen LogP) is 1.14. The summed E-state index contributed by atoms with van der Waals surface area (Å²) in [6.07, 6.45) is 3.29. The summed E-state index contributed by atoms with van der Waals surface area (Å²) in [5.41, 5.74) is 11.2. The van der Waals surface area contributed by atoms with Crippen molar-refractivity contribution in [1.82, 2.24) is 25.5 Å². The Hall–Kier alpha value is -3.03. The number of nitrogens with one attached hydrogen (secondary N) is 2. The number of thioether (sulfide) groups is 3. The van der Waals surface area contributed by atoms with Crippen molar-refractivity contribution in [1.29, 1.82) is 0 Å². The molecule has 19 heteroatoms. The van der Waals surface area contributed by atoms with E-state index in [1.54, 1.807) is 37.1 Å². The molecule has 1 fully saturated rings. The molecule has 0 radical (unpaired) electrons. The third-order valence-electron chi connectivity index (χ3n) is 5.87. The molecule has 4 heterocycles. The fraction of sp³-hybridized carbons (Fsp3) is 0.348. The van der Waals surface area contributed by atoms with Crippen molar-refractivity contribution in [2.45, 2.75) is 35.0 Å². The van der Waals surface area contributed by atoms with Gasteiger partial charge in [-0.3, -0.25) is 24.3 Å². The molecule has 1 saturated heterocycles. The molecule has 4 rings (SSSR count). The summed E-state index contributed by atoms with van der Waals surface area (Å²) in [7, 11) is 0. The number of carbonyl (C=O) groups excluding carboxylic acids is 3. The minimum atomic E-state index is -1.28. The van der Waals surface area contributed by atoms with Crippen molar-refractivity contribution >= 4 is 92.8 Å². The molecule has 3 amide bonds. The van der Waals surface area contributed by atoms with Crippen LogP contribution in [0.25, 0.3) is 0 Å². The van der Waals surface area contributed by atoms with E-state index in [1.807, 2.05) is 0 Å². The van der Waals surface area contributed by atoms with Gasteiger partial charge in [0.05, 0.1) is 6.04 Å². The van der Waals surface area contributed by atoms with Crippen LogP contribution in [0.4, 0.5) is 5.13 Å². The highest BCUT2D eigenvalue weighted by atomic mass is 35.5. The number of nitrogens with two attached hydrogens (primary N) is 2. The van der Waals surface area contributed by atoms with E-state index in [0.29, 0.717) is 23.0 Å². The molecule has 42 heavy (non-hydrogen) atoms. The minimum Gasteiger partial charge on any atom is -0.477 e. The molecule has 0 aromatic carbocycles. The predicted molar refractivity (Wildman–Crippen MR) is 162 cm³/mol. The number of anilines is 1. The second-order valence-corrected chi connectivity index (χ2v) is 13.8. The summed E-state index contributed by atoms with van der Waals surface area (Å²) < 4.78 is 0.0312. The van der Waals surface area contributed by atoms with Gasteiger partial charge < -0.3 is 32.4 Å². The number of thiazole rings is 1. The van der Waals surface area contributed by atoms with Crippen LogP contribution in [0.15, 0.2) is 39.1 Å². The third kappa shape index (κ3) is 6.95. The van der Waals surface area contributed by atoms with Crippen molar-refractivity contribution < 1.29 is 29.5 Å². The highest BCUT2D eigenvalue weighted by Gasteiger charge is 2.54. The van der Waals surface area contributed by atoms with Gasteiger partial charge in [-0.2, -0.15) is 11.8 Å². The number of amides is 3. The number of carbonyl (C=O) groups is 4. The molecule has 0 aliphatic carbocycles. The first-order valence-electron chi connectivity index (χ1n) is 12.1. The normalized spacial score (nSPS) is 19.2. The van der Waals surface area contributed by atoms with E-state index < -0.39 is 41.0 Å². The van der Waals surface area contributed by atoms with Crippen LogP contribution in [0.5, 0.6) is 0 Å². The molecule has 0 saturated carbocycles. The van der Waals surface area contributed by atoms with Gasteiger partial charge in [-0.25, -0.2) is 9.78 Å². The number of halogens is 1. The Labute approximate surface area is 261 Å². The van der Waals surface area contributed by atoms with E-state index in [4.69, 9.17) is 23.1 Å². The number of oxime groups is 1. The van der Waals surface area contributed by atoms with Crippen LogP contribution in [0.2, 0.25) is 4.34 Å². The largest absolute Gasteiger partial charge is 0.477 e. The van der Waals surface area contributed by atoms with Crippen LogP contribution >= 0.6 is 58.2 Å². The van der Waals surface area contributed by atoms with E-state index in [1.165, 1.54) is 23.5 Å². The van der Waals surface area contributed by atoms with Gasteiger partial charge in [0.15, 0.2) is 10.8 Å². The number of aromatic nitrogens is 2. The maximum atomic E-state index is 13.1. The van der Waals surface area contributed by atoms with Crippen LogP contribution in [0.3, 0.4) is 0 Å². The summed E-state index contributed by atoms with van der Waals surface area (Å²) >= 11 is 11.0. The SMILES string of the molecule is C[C@H](N)C(=O)NCCSCc1cnccc1SC1=C(C(=O)O)N2C(=O)[C@@H](NC(=O)/C(=N\O)c3nc(N)sc3Cl)[C@@H]2SC1. The fourth-order valence-electron chi connectivity index (χ4n) is 3.89. The molecule has 14 nitrogen and oxygen atoms in total. The van der Waals surface area contributed by atoms with Gasteiger partial charge in [0.2, 0.25) is 5.91 Å². The number of carboxylic acid groups (broad SMARTS) is 1. The van der Waals surface area contributed by atoms with Crippen LogP contribution in [-0.4, -0.2) is 90.1 Å². The van der Waals surface area contributed by atoms with Gasteiger partial charge in [0, 0.05) is 46.0 Å². The van der Waals surface area contributed by atoms with Crippen LogP contribution in [0.1, 0.15) is 18.2 Å². The summed E-state index contributed by atoms with van der Waals surface area (Å²) in [6.45, 7) is 2.06. The molecule has 2 aliphatic rings. The van der Waals surface area contributed by atoms with Crippen LogP contribution < -0.4 is 22.1 Å². The Morgan fingerprint density at radius 3 is 2.79 bits per heavy atom. The maximum Gasteiger partial charge on any atom is 0.353 e. The molecule has 2 aliphatic heterocycles. The number of pyridine rings is 1. The van der Waals surface area contributed by atoms with E-state index in [0.717, 1.165) is 26.7 Å². The Kier molecular flexibility index (Phi) is 10.6. The highest BCUT2D eigenvalue weighted by Crippen LogP contribution is 2.46. The van der Waals surface area contributed by atoms with Crippen molar-refractivity contribution in [2.75, 3.05) is 23.8 Å². The van der Waals surface area contributed by atoms with Crippen LogP contribution in [-0.2, 0) is 24.9 Å². The maximum absolute atomic E-state index is 13.1. The lowest BCUT2D eigenvalue weighted by Crippen LogP contribution is -2.71. The summed E-state index contributed by atoms with van der Waals surface area (Å²) in [5.74, 6) is -1.59. The molecular weight excluding hydrogens is 648 g/mol. The molecule has 224 valence electrons. The highest BCUT2D eigenvalue weighted by molar-refractivity contribution is 8.06. The van der Waals surface area contributed by atoms with Crippen molar-refractivity contribution in [3.8, 4) is 0 Å². The molecular formula is C23H25ClN8O6S4. The number of carboxylic acids is 1. The fourth-order valence-corrected chi connectivity index (χ4v) is 8.31. The second-order valence-electron chi connectivity index (χ2n) is 8.78. The number of hydrogen-bond donors (Lipinski definition) is 6. The van der Waals surface area contributed by atoms with Gasteiger partial charge in [0.1, 0.15) is 27.1 Å². The summed E-state index contributed by atoms with van der Waals surface area (Å²) in [6, 6.07) is 0.125. The first kappa shape index (κ1) is 31.9. The topological polar surface area (TPSA) is 226 Å². The van der Waals surface area contributed by atoms with Crippen molar-refractivity contribution in [3.05, 3.63) is 44.7 Å². The van der Waals surface area contributed by atoms with Crippen LogP contribution in [0, 0.1) is 0 Å². The first-order valence-corrected chi connectivity index (χ1v) is 16.3. The molecule has 8 N–H and O–H groups in total. The van der Waals surface area contributed by atoms with Gasteiger partial charge >= 0.3 is 5.97 Å². The summed E-state index contributed by atoms with van der Waals surface area (Å²) in [4.78, 5) is 60.3. The lowest BCUT2D eigenvalue weighted by molar-refractivity contribution is -0.150. The number of fused-ring (bicyclic) bond motifs is 1. The van der Waals surface area contributed by atoms with E-state index >= 15 is 0 Å². The van der Waals surface area contributed by atoms with Crippen molar-refractivity contribution in [3.63, 3.8) is 0 Å². The van der Waals surface area contributed by atoms with E-state index in [2.05, 4.69) is 25.8 Å². The Morgan fingerprint density at radius 1 is 1.38 bits per heavy atom. The number of nitrogens with zero attached hydrogens (tertiary/aromatic N) is 4. The Morgan fingerprint density at radius 2 is 2.14 bits per heavy atom. The molecule has 3 atom stereocenters. The average Bonchev–Trinajstić information content (AvgIpc) is 3.29. The lowest BCUT2D eigenvalue weighted by atomic mass is 10.0. The quantitative estimate of drug-likeness (QED) is 0.0612. The van der Waals surface area contributed by atoms with E-state index in [-0.39, 0.29) is 32.5 Å². The number of nitrogen functional groups attached to an aromatic ring is 1. The number of hydrogen-bond acceptors (Lipinski definition) is 14. The zero-order valence-corrected chi connectivity index (χ0v) is 25.8. The molecule has 0 unspecified atom stereocenters. The van der Waals surface area contributed by atoms with Gasteiger partial charge in [-0.15, -0.1) is 11.8 Å². The monoisotopic (exact) mass is 672 g/mol. The van der Waals surface area contributed by atoms with Crippen molar-refractivity contribution in [2.24, 2.45) is 10.9 Å². The smallest absolute Gasteiger partial charge is 0.353 e. The lowest BCUT2D eigenvalue weighted by Gasteiger charge is -2.49. The van der Waals surface area contributed by atoms with Gasteiger partial charge in [-0.05, 0) is 18.6 Å². The van der Waals surface area contributed by atoms with Gasteiger partial charge in [-0.1, -0.05) is 39.9 Å². The Balaban J connectivity index is 1.44. The van der Waals surface area contributed by atoms with E-state index in [9.17, 15) is 29.5 Å². The number of aliphatic carboxylic acids is 1. The first-order chi connectivity index (χ1) is 20.0. The number of rotatable bonds is 12. The average molecular weight is 673 g/mol. The molecule has 0 bridgehead atoms. The minimum absolute atomic E-state index is 0.0312. The zero-order chi connectivity index (χ0) is 30.6. The third-order valence-corrected chi connectivity index (χ3v) is 10.6. The zero-order valence-electron chi connectivity index (χ0n) is 21.8. The molecule has 2 aromatic rings. The Bertz CT molecular complexity index is 1470. The molecule has 0 spiro atoms. The summed E-state index contributed by atoms with van der Waals surface area (Å²) in [5, 5.41) is 27.0. The number of β-lactam (4-membered cyclic amide) rings is 1. The standard InChI is InChI=1S/C23H25ClN8O6S4/c1-9(25)18(33)28-4-5-39-7-10-6-27-3-2-11(10)41-12-8-40-21-15(20(35)32(21)16(12)22(36)37)29-19(34)14(31-38)13-17(24)42-23(26)30-13/h2-3,6,9,15,21,38H,4-5,7-8,25H2,1H3,(H2,26,30)(H,28,33)(H,29,34)(H,36,37)/b31-14-/t9-,15+,21-/m0/s1. The molecule has 2 aromatic heterocycles.